The molecule has 0 aromatic carbocycles. The molecule has 0 radical (unpaired) electrons. The van der Waals surface area contributed by atoms with Gasteiger partial charge in [-0.3, -0.25) is 4.99 Å². The second kappa shape index (κ2) is 5.79. The molecule has 2 unspecified atom stereocenters. The van der Waals surface area contributed by atoms with E-state index in [1.807, 2.05) is 11.8 Å². The van der Waals surface area contributed by atoms with E-state index < -0.39 is 18.1 Å². The van der Waals surface area contributed by atoms with E-state index in [0.717, 1.165) is 19.4 Å². The van der Waals surface area contributed by atoms with Gasteiger partial charge in [0.1, 0.15) is 0 Å². The highest BCUT2D eigenvalue weighted by atomic mass is 19.4. The molecule has 0 amide bonds. The lowest BCUT2D eigenvalue weighted by Gasteiger charge is -2.37. The van der Waals surface area contributed by atoms with Crippen LogP contribution in [0, 0.1) is 0 Å². The Bertz CT molecular complexity index is 366. The lowest BCUT2D eigenvalue weighted by molar-refractivity contribution is -0.136. The van der Waals surface area contributed by atoms with Gasteiger partial charge < -0.3 is 15.4 Å². The highest BCUT2D eigenvalue weighted by molar-refractivity contribution is 5.81. The molecular weight excluding hydrogens is 271 g/mol. The normalized spacial score (nSPS) is 30.9. The van der Waals surface area contributed by atoms with Gasteiger partial charge in [0.2, 0.25) is 0 Å². The Labute approximate surface area is 117 Å². The standard InChI is InChI=1S/C13H22F3N3O/c1-12(5-3-6-13(14,15)16)9-18-11(17)19(12)8-10-4-2-7-20-10/h10H,2-9H2,1H3,(H2,17,18). The molecular formula is C13H22F3N3O. The molecule has 2 aliphatic rings. The van der Waals surface area contributed by atoms with Gasteiger partial charge in [0.05, 0.1) is 18.2 Å². The van der Waals surface area contributed by atoms with Crippen LogP contribution in [0.25, 0.3) is 0 Å². The fourth-order valence-electron chi connectivity index (χ4n) is 2.89. The molecule has 2 aliphatic heterocycles. The molecule has 2 heterocycles. The largest absolute Gasteiger partial charge is 0.389 e. The number of guanidine groups is 1. The van der Waals surface area contributed by atoms with Crippen LogP contribution in [0.2, 0.25) is 0 Å². The summed E-state index contributed by atoms with van der Waals surface area (Å²) in [7, 11) is 0. The Morgan fingerprint density at radius 1 is 1.50 bits per heavy atom. The zero-order chi connectivity index (χ0) is 14.8. The summed E-state index contributed by atoms with van der Waals surface area (Å²) in [6, 6.07) is 0. The third-order valence-corrected chi connectivity index (χ3v) is 4.10. The maximum Gasteiger partial charge on any atom is 0.389 e. The molecule has 2 atom stereocenters. The number of alkyl halides is 3. The minimum atomic E-state index is -4.10. The summed E-state index contributed by atoms with van der Waals surface area (Å²) in [5.41, 5.74) is 5.47. The Morgan fingerprint density at radius 3 is 2.85 bits per heavy atom. The SMILES string of the molecule is CC1(CCCC(F)(F)F)CN=C(N)N1CC1CCCO1. The molecule has 2 rings (SSSR count). The van der Waals surface area contributed by atoms with Gasteiger partial charge in [-0.1, -0.05) is 0 Å². The molecule has 0 saturated carbocycles. The molecule has 0 aliphatic carbocycles. The average molecular weight is 293 g/mol. The summed E-state index contributed by atoms with van der Waals surface area (Å²) in [4.78, 5) is 6.14. The van der Waals surface area contributed by atoms with Gasteiger partial charge in [0.25, 0.3) is 0 Å². The van der Waals surface area contributed by atoms with Crippen LogP contribution in [0.5, 0.6) is 0 Å². The minimum Gasteiger partial charge on any atom is -0.376 e. The molecule has 4 nitrogen and oxygen atoms in total. The van der Waals surface area contributed by atoms with E-state index in [1.165, 1.54) is 0 Å². The van der Waals surface area contributed by atoms with E-state index in [1.54, 1.807) is 0 Å². The van der Waals surface area contributed by atoms with Gasteiger partial charge in [-0.2, -0.15) is 13.2 Å². The number of nitrogens with two attached hydrogens (primary N) is 1. The molecule has 0 aromatic heterocycles. The van der Waals surface area contributed by atoms with Crippen LogP contribution >= 0.6 is 0 Å². The summed E-state index contributed by atoms with van der Waals surface area (Å²) in [6.45, 7) is 3.77. The van der Waals surface area contributed by atoms with E-state index in [0.29, 0.717) is 25.5 Å². The van der Waals surface area contributed by atoms with Gasteiger partial charge >= 0.3 is 6.18 Å². The van der Waals surface area contributed by atoms with E-state index in [-0.39, 0.29) is 12.5 Å². The number of hydrogen-bond acceptors (Lipinski definition) is 4. The van der Waals surface area contributed by atoms with Gasteiger partial charge in [-0.25, -0.2) is 0 Å². The Balaban J connectivity index is 1.90. The van der Waals surface area contributed by atoms with Gasteiger partial charge in [0.15, 0.2) is 5.96 Å². The van der Waals surface area contributed by atoms with Crippen molar-refractivity contribution in [3.8, 4) is 0 Å². The number of halogens is 3. The van der Waals surface area contributed by atoms with Crippen LogP contribution in [0.3, 0.4) is 0 Å². The monoisotopic (exact) mass is 293 g/mol. The maximum absolute atomic E-state index is 12.3. The van der Waals surface area contributed by atoms with Crippen molar-refractivity contribution in [2.45, 2.75) is 56.8 Å². The second-order valence-corrected chi connectivity index (χ2v) is 5.89. The lowest BCUT2D eigenvalue weighted by Crippen LogP contribution is -2.52. The van der Waals surface area contributed by atoms with Crippen LogP contribution < -0.4 is 5.73 Å². The first kappa shape index (κ1) is 15.4. The highest BCUT2D eigenvalue weighted by Gasteiger charge is 2.40. The van der Waals surface area contributed by atoms with Gasteiger partial charge in [0, 0.05) is 19.6 Å². The first-order valence-electron chi connectivity index (χ1n) is 7.06. The van der Waals surface area contributed by atoms with Crippen molar-refractivity contribution >= 4 is 5.96 Å². The zero-order valence-electron chi connectivity index (χ0n) is 11.7. The molecule has 1 fully saturated rings. The summed E-state index contributed by atoms with van der Waals surface area (Å²) < 4.78 is 42.4. The second-order valence-electron chi connectivity index (χ2n) is 5.89. The van der Waals surface area contributed by atoms with Crippen LogP contribution in [-0.2, 0) is 4.74 Å². The summed E-state index contributed by atoms with van der Waals surface area (Å²) in [5.74, 6) is 0.426. The van der Waals surface area contributed by atoms with E-state index in [2.05, 4.69) is 4.99 Å². The molecule has 1 saturated heterocycles. The van der Waals surface area contributed by atoms with Crippen molar-refractivity contribution in [2.24, 2.45) is 10.7 Å². The molecule has 116 valence electrons. The third kappa shape index (κ3) is 3.77. The quantitative estimate of drug-likeness (QED) is 0.846. The van der Waals surface area contributed by atoms with Crippen molar-refractivity contribution in [1.82, 2.24) is 4.90 Å². The number of ether oxygens (including phenoxy) is 1. The van der Waals surface area contributed by atoms with Crippen molar-refractivity contribution in [2.75, 3.05) is 19.7 Å². The smallest absolute Gasteiger partial charge is 0.376 e. The Hall–Kier alpha value is -0.980. The lowest BCUT2D eigenvalue weighted by atomic mass is 9.93. The summed E-state index contributed by atoms with van der Waals surface area (Å²) in [6.07, 6.45) is -2.20. The fourth-order valence-corrected chi connectivity index (χ4v) is 2.89. The molecule has 7 heteroatoms. The number of aliphatic imine (C=N–C) groups is 1. The number of nitrogens with zero attached hydrogens (tertiary/aromatic N) is 2. The van der Waals surface area contributed by atoms with Gasteiger partial charge in [-0.15, -0.1) is 0 Å². The maximum atomic E-state index is 12.3. The average Bonchev–Trinajstić information content (AvgIpc) is 2.92. The van der Waals surface area contributed by atoms with E-state index >= 15 is 0 Å². The van der Waals surface area contributed by atoms with E-state index in [4.69, 9.17) is 10.5 Å². The number of rotatable bonds is 5. The summed E-state index contributed by atoms with van der Waals surface area (Å²) >= 11 is 0. The van der Waals surface area contributed by atoms with Crippen molar-refractivity contribution in [1.29, 1.82) is 0 Å². The van der Waals surface area contributed by atoms with Crippen LogP contribution in [0.1, 0.15) is 39.0 Å². The minimum absolute atomic E-state index is 0.102. The topological polar surface area (TPSA) is 50.8 Å². The van der Waals surface area contributed by atoms with Crippen molar-refractivity contribution < 1.29 is 17.9 Å². The van der Waals surface area contributed by atoms with Crippen molar-refractivity contribution in [3.05, 3.63) is 0 Å². The van der Waals surface area contributed by atoms with Crippen LogP contribution in [0.15, 0.2) is 4.99 Å². The van der Waals surface area contributed by atoms with Crippen molar-refractivity contribution in [3.63, 3.8) is 0 Å². The third-order valence-electron chi connectivity index (χ3n) is 4.10. The summed E-state index contributed by atoms with van der Waals surface area (Å²) in [5, 5.41) is 0. The van der Waals surface area contributed by atoms with E-state index in [9.17, 15) is 13.2 Å². The molecule has 2 N–H and O–H groups in total. The molecule has 0 aromatic rings. The molecule has 20 heavy (non-hydrogen) atoms. The van der Waals surface area contributed by atoms with Crippen LogP contribution in [-0.4, -0.2) is 48.4 Å². The first-order valence-corrected chi connectivity index (χ1v) is 7.06. The predicted octanol–water partition coefficient (Wildman–Crippen LogP) is 2.29. The fraction of sp³-hybridized carbons (Fsp3) is 0.923. The Kier molecular flexibility index (Phi) is 4.46. The first-order chi connectivity index (χ1) is 9.30. The van der Waals surface area contributed by atoms with Crippen LogP contribution in [0.4, 0.5) is 13.2 Å². The number of hydrogen-bond donors (Lipinski definition) is 1. The predicted molar refractivity (Wildman–Crippen MR) is 70.5 cm³/mol. The highest BCUT2D eigenvalue weighted by Crippen LogP contribution is 2.31. The molecule has 0 spiro atoms. The molecule has 0 bridgehead atoms. The Morgan fingerprint density at radius 2 is 2.25 bits per heavy atom. The zero-order valence-corrected chi connectivity index (χ0v) is 11.7. The van der Waals surface area contributed by atoms with Gasteiger partial charge in [-0.05, 0) is 32.6 Å².